The molecule has 0 aliphatic rings. The Balaban J connectivity index is 3.81. The van der Waals surface area contributed by atoms with Crippen LogP contribution in [0.15, 0.2) is 0 Å². The van der Waals surface area contributed by atoms with Crippen LogP contribution in [0.4, 0.5) is 9.59 Å². The predicted octanol–water partition coefficient (Wildman–Crippen LogP) is -0.230. The van der Waals surface area contributed by atoms with Crippen molar-refractivity contribution in [3.63, 3.8) is 0 Å². The number of hydrogen-bond donors (Lipinski definition) is 2. The van der Waals surface area contributed by atoms with Gasteiger partial charge in [0.1, 0.15) is 26.3 Å². The number of nitrogens with one attached hydrogen (secondary N) is 2. The number of carbonyl (C=O) groups is 4. The summed E-state index contributed by atoms with van der Waals surface area (Å²) in [4.78, 5) is 46.4. The molecule has 0 atom stereocenters. The number of Topliss-reactive ketones (excluding diaryl/α,β-unsaturated/α-hetero) is 2. The van der Waals surface area contributed by atoms with Crippen molar-refractivity contribution in [2.75, 3.05) is 81.7 Å². The molecule has 10 heteroatoms. The number of ether oxygens (including phenoxy) is 2. The molecule has 0 aliphatic heterocycles. The minimum atomic E-state index is -0.661. The van der Waals surface area contributed by atoms with E-state index in [9.17, 15) is 19.2 Å². The number of alkyl carbamates (subject to hydrolysis) is 2. The van der Waals surface area contributed by atoms with Crippen LogP contribution in [0.1, 0.15) is 12.8 Å². The van der Waals surface area contributed by atoms with E-state index in [0.717, 1.165) is 0 Å². The quantitative estimate of drug-likeness (QED) is 0.410. The van der Waals surface area contributed by atoms with Gasteiger partial charge in [-0.1, -0.05) is 0 Å². The summed E-state index contributed by atoms with van der Waals surface area (Å²) in [7, 11) is 11.8. The average molecular weight is 405 g/mol. The number of carbonyl (C=O) groups excluding carboxylic acids is 4. The Hall–Kier alpha value is -2.20. The summed E-state index contributed by atoms with van der Waals surface area (Å²) in [6, 6.07) is 0. The molecule has 0 aliphatic carbocycles. The number of likely N-dealkylation sites (N-methyl/N-ethyl adjacent to an activating group) is 2. The number of quaternary nitrogens is 2. The van der Waals surface area contributed by atoms with Gasteiger partial charge in [0.25, 0.3) is 0 Å². The van der Waals surface area contributed by atoms with Gasteiger partial charge in [-0.25, -0.2) is 9.59 Å². The van der Waals surface area contributed by atoms with Crippen LogP contribution in [0.2, 0.25) is 0 Å². The molecule has 2 N–H and O–H groups in total. The molecule has 0 heterocycles. The summed E-state index contributed by atoms with van der Waals surface area (Å²) in [5, 5.41) is 4.72. The van der Waals surface area contributed by atoms with Crippen molar-refractivity contribution in [3.8, 4) is 0 Å². The van der Waals surface area contributed by atoms with Gasteiger partial charge >= 0.3 is 12.2 Å². The van der Waals surface area contributed by atoms with Gasteiger partial charge in [0.2, 0.25) is 0 Å². The Labute approximate surface area is 167 Å². The predicted molar refractivity (Wildman–Crippen MR) is 104 cm³/mol. The summed E-state index contributed by atoms with van der Waals surface area (Å²) in [5.41, 5.74) is 0. The van der Waals surface area contributed by atoms with E-state index in [1.165, 1.54) is 0 Å². The Morgan fingerprint density at radius 2 is 0.964 bits per heavy atom. The molecule has 162 valence electrons. The molecule has 0 saturated heterocycles. The lowest BCUT2D eigenvalue weighted by Crippen LogP contribution is -2.39. The van der Waals surface area contributed by atoms with E-state index < -0.39 is 12.2 Å². The smallest absolute Gasteiger partial charge is 0.407 e. The van der Waals surface area contributed by atoms with Gasteiger partial charge in [-0.15, -0.1) is 0 Å². The highest BCUT2D eigenvalue weighted by molar-refractivity contribution is 5.90. The highest BCUT2D eigenvalue weighted by atomic mass is 16.6. The first kappa shape index (κ1) is 25.8. The number of ketones is 2. The van der Waals surface area contributed by atoms with Gasteiger partial charge in [-0.3, -0.25) is 9.59 Å². The first-order chi connectivity index (χ1) is 12.8. The Kier molecular flexibility index (Phi) is 11.3. The van der Waals surface area contributed by atoms with Crippen molar-refractivity contribution in [1.29, 1.82) is 0 Å². The van der Waals surface area contributed by atoms with Crippen LogP contribution < -0.4 is 10.6 Å². The highest BCUT2D eigenvalue weighted by Gasteiger charge is 2.13. The lowest BCUT2D eigenvalue weighted by atomic mass is 10.1. The normalized spacial score (nSPS) is 11.5. The van der Waals surface area contributed by atoms with Crippen LogP contribution in [0.3, 0.4) is 0 Å². The number of rotatable bonds is 13. The molecule has 0 aromatic rings. The molecular formula is C18H36N4O6+2. The monoisotopic (exact) mass is 404 g/mol. The first-order valence-electron chi connectivity index (χ1n) is 9.24. The van der Waals surface area contributed by atoms with Crippen LogP contribution in [0.5, 0.6) is 0 Å². The third-order valence-corrected chi connectivity index (χ3v) is 3.53. The standard InChI is InChI=1S/C18H34N4O6/c1-21(2,3)9-11-27-17(25)19-13-15(23)7-8-16(24)14-20-18(26)28-12-10-22(4,5)6/h7-14H2,1-6H3/p+2. The SMILES string of the molecule is C[N+](C)(C)CCOC(=O)NCC(=O)CCC(=O)CNC(=O)OCC[N+](C)(C)C. The molecule has 0 saturated carbocycles. The van der Waals surface area contributed by atoms with Gasteiger partial charge in [-0.2, -0.15) is 0 Å². The molecule has 0 bridgehead atoms. The molecule has 0 aromatic carbocycles. The summed E-state index contributed by atoms with van der Waals surface area (Å²) in [6.45, 7) is 1.41. The highest BCUT2D eigenvalue weighted by Crippen LogP contribution is 1.94. The minimum absolute atomic E-state index is 0.0176. The van der Waals surface area contributed by atoms with E-state index in [0.29, 0.717) is 22.1 Å². The van der Waals surface area contributed by atoms with Crippen molar-refractivity contribution in [3.05, 3.63) is 0 Å². The van der Waals surface area contributed by atoms with Crippen molar-refractivity contribution in [2.45, 2.75) is 12.8 Å². The topological polar surface area (TPSA) is 111 Å². The zero-order chi connectivity index (χ0) is 21.8. The third kappa shape index (κ3) is 17.2. The van der Waals surface area contributed by atoms with Crippen LogP contribution in [0, 0.1) is 0 Å². The van der Waals surface area contributed by atoms with E-state index in [-0.39, 0.29) is 50.7 Å². The van der Waals surface area contributed by atoms with E-state index in [4.69, 9.17) is 9.47 Å². The van der Waals surface area contributed by atoms with Crippen molar-refractivity contribution < 1.29 is 37.6 Å². The number of amides is 2. The maximum absolute atomic E-state index is 11.7. The fourth-order valence-electron chi connectivity index (χ4n) is 1.72. The second-order valence-electron chi connectivity index (χ2n) is 8.58. The second kappa shape index (κ2) is 12.3. The fraction of sp³-hybridized carbons (Fsp3) is 0.778. The summed E-state index contributed by atoms with van der Waals surface area (Å²) >= 11 is 0. The maximum Gasteiger partial charge on any atom is 0.407 e. The zero-order valence-corrected chi connectivity index (χ0v) is 18.0. The van der Waals surface area contributed by atoms with Crippen LogP contribution in [0.25, 0.3) is 0 Å². The minimum Gasteiger partial charge on any atom is -0.444 e. The molecule has 0 rings (SSSR count). The van der Waals surface area contributed by atoms with Crippen LogP contribution in [-0.4, -0.2) is 114 Å². The summed E-state index contributed by atoms with van der Waals surface area (Å²) < 4.78 is 11.2. The van der Waals surface area contributed by atoms with Crippen LogP contribution >= 0.6 is 0 Å². The molecule has 0 radical (unpaired) electrons. The molecule has 0 unspecified atom stereocenters. The summed E-state index contributed by atoms with van der Waals surface area (Å²) in [5.74, 6) is -0.579. The van der Waals surface area contributed by atoms with Gasteiger partial charge in [0, 0.05) is 12.8 Å². The number of nitrogens with zero attached hydrogens (tertiary/aromatic N) is 2. The summed E-state index contributed by atoms with van der Waals surface area (Å²) in [6.07, 6.45) is -1.36. The third-order valence-electron chi connectivity index (χ3n) is 3.53. The van der Waals surface area contributed by atoms with E-state index in [2.05, 4.69) is 10.6 Å². The lowest BCUT2D eigenvalue weighted by molar-refractivity contribution is -0.870. The molecule has 0 fully saturated rings. The fourth-order valence-corrected chi connectivity index (χ4v) is 1.72. The van der Waals surface area contributed by atoms with E-state index in [1.807, 2.05) is 42.3 Å². The van der Waals surface area contributed by atoms with E-state index >= 15 is 0 Å². The van der Waals surface area contributed by atoms with Crippen molar-refractivity contribution in [1.82, 2.24) is 10.6 Å². The van der Waals surface area contributed by atoms with Gasteiger partial charge < -0.3 is 29.1 Å². The maximum atomic E-state index is 11.7. The zero-order valence-electron chi connectivity index (χ0n) is 18.0. The Bertz CT molecular complexity index is 489. The molecule has 0 aromatic heterocycles. The molecular weight excluding hydrogens is 368 g/mol. The van der Waals surface area contributed by atoms with E-state index in [1.54, 1.807) is 0 Å². The van der Waals surface area contributed by atoms with Gasteiger partial charge in [-0.05, 0) is 0 Å². The van der Waals surface area contributed by atoms with Crippen molar-refractivity contribution in [2.24, 2.45) is 0 Å². The van der Waals surface area contributed by atoms with Gasteiger partial charge in [0.15, 0.2) is 11.6 Å². The first-order valence-corrected chi connectivity index (χ1v) is 9.24. The average Bonchev–Trinajstić information content (AvgIpc) is 2.54. The largest absolute Gasteiger partial charge is 0.444 e. The Morgan fingerprint density at radius 1 is 0.643 bits per heavy atom. The van der Waals surface area contributed by atoms with Crippen molar-refractivity contribution >= 4 is 23.8 Å². The molecule has 2 amide bonds. The van der Waals surface area contributed by atoms with Gasteiger partial charge in [0.05, 0.1) is 55.4 Å². The molecule has 10 nitrogen and oxygen atoms in total. The number of hydrogen-bond acceptors (Lipinski definition) is 6. The lowest BCUT2D eigenvalue weighted by Gasteiger charge is -2.23. The molecule has 0 spiro atoms. The van der Waals surface area contributed by atoms with Crippen LogP contribution in [-0.2, 0) is 19.1 Å². The molecule has 28 heavy (non-hydrogen) atoms. The second-order valence-corrected chi connectivity index (χ2v) is 8.58. The Morgan fingerprint density at radius 3 is 1.25 bits per heavy atom.